The fourth-order valence-electron chi connectivity index (χ4n) is 2.31. The highest BCUT2D eigenvalue weighted by atomic mass is 16.5. The number of hydrogen-bond donors (Lipinski definition) is 0. The molecule has 0 atom stereocenters. The second kappa shape index (κ2) is 21.5. The zero-order valence-electron chi connectivity index (χ0n) is 17.3. The lowest BCUT2D eigenvalue weighted by Crippen LogP contribution is -2.05. The van der Waals surface area contributed by atoms with Crippen molar-refractivity contribution in [3.8, 4) is 0 Å². The van der Waals surface area contributed by atoms with Gasteiger partial charge in [-0.3, -0.25) is 0 Å². The van der Waals surface area contributed by atoms with Crippen LogP contribution in [0.5, 0.6) is 0 Å². The van der Waals surface area contributed by atoms with Crippen molar-refractivity contribution in [2.75, 3.05) is 13.7 Å². The molecule has 0 aromatic heterocycles. The standard InChI is InChI=1S/C18H34O2.C4H6O2/c1-4-5-6-7-8-9-10-11-12-13-14-15-16-20-18(19)17(2)3;1-3-4(5)6-2/h2,4-16H2,1,3H3;3H,1H2,2H3. The Bertz CT molecular complexity index is 374. The highest BCUT2D eigenvalue weighted by molar-refractivity contribution is 5.86. The van der Waals surface area contributed by atoms with Crippen molar-refractivity contribution in [3.05, 3.63) is 24.8 Å². The molecule has 0 heterocycles. The molecule has 0 amide bonds. The Hall–Kier alpha value is -1.58. The molecule has 0 radical (unpaired) electrons. The molecule has 152 valence electrons. The van der Waals surface area contributed by atoms with Gasteiger partial charge in [0.15, 0.2) is 0 Å². The van der Waals surface area contributed by atoms with Crippen molar-refractivity contribution in [3.63, 3.8) is 0 Å². The number of rotatable bonds is 15. The highest BCUT2D eigenvalue weighted by Gasteiger charge is 2.01. The molecule has 0 N–H and O–H groups in total. The van der Waals surface area contributed by atoms with Crippen LogP contribution < -0.4 is 0 Å². The Morgan fingerprint density at radius 1 is 0.846 bits per heavy atom. The van der Waals surface area contributed by atoms with Crippen LogP contribution in [0, 0.1) is 0 Å². The summed E-state index contributed by atoms with van der Waals surface area (Å²) < 4.78 is 9.20. The summed E-state index contributed by atoms with van der Waals surface area (Å²) in [5, 5.41) is 0. The summed E-state index contributed by atoms with van der Waals surface area (Å²) in [5.74, 6) is -0.650. The lowest BCUT2D eigenvalue weighted by molar-refractivity contribution is -0.139. The molecule has 0 saturated heterocycles. The fourth-order valence-corrected chi connectivity index (χ4v) is 2.31. The Morgan fingerprint density at radius 3 is 1.58 bits per heavy atom. The number of methoxy groups -OCH3 is 1. The third kappa shape index (κ3) is 22.4. The van der Waals surface area contributed by atoms with Gasteiger partial charge >= 0.3 is 11.9 Å². The van der Waals surface area contributed by atoms with Gasteiger partial charge in [0.1, 0.15) is 0 Å². The first kappa shape index (κ1) is 26.6. The minimum absolute atomic E-state index is 0.256. The van der Waals surface area contributed by atoms with E-state index >= 15 is 0 Å². The predicted molar refractivity (Wildman–Crippen MR) is 109 cm³/mol. The molecule has 0 rings (SSSR count). The zero-order chi connectivity index (χ0) is 20.0. The van der Waals surface area contributed by atoms with Crippen molar-refractivity contribution in [1.82, 2.24) is 0 Å². The topological polar surface area (TPSA) is 52.6 Å². The molecule has 0 bridgehead atoms. The Labute approximate surface area is 161 Å². The smallest absolute Gasteiger partial charge is 0.333 e. The van der Waals surface area contributed by atoms with Crippen LogP contribution in [0.1, 0.15) is 90.9 Å². The van der Waals surface area contributed by atoms with E-state index in [9.17, 15) is 9.59 Å². The SMILES string of the molecule is C=C(C)C(=O)OCCCCCCCCCCCCCC.C=CC(=O)OC. The van der Waals surface area contributed by atoms with E-state index in [2.05, 4.69) is 24.8 Å². The third-order valence-electron chi connectivity index (χ3n) is 3.95. The maximum absolute atomic E-state index is 11.1. The van der Waals surface area contributed by atoms with E-state index in [4.69, 9.17) is 4.74 Å². The number of carbonyl (C=O) groups is 2. The average Bonchev–Trinajstić information content (AvgIpc) is 2.64. The third-order valence-corrected chi connectivity index (χ3v) is 3.95. The first-order valence-corrected chi connectivity index (χ1v) is 10.0. The van der Waals surface area contributed by atoms with Crippen molar-refractivity contribution >= 4 is 11.9 Å². The van der Waals surface area contributed by atoms with E-state index in [0.29, 0.717) is 12.2 Å². The molecule has 0 fully saturated rings. The van der Waals surface area contributed by atoms with E-state index in [1.165, 1.54) is 77.7 Å². The van der Waals surface area contributed by atoms with Crippen LogP contribution in [0.25, 0.3) is 0 Å². The second-order valence-corrected chi connectivity index (χ2v) is 6.53. The van der Waals surface area contributed by atoms with Gasteiger partial charge in [0.2, 0.25) is 0 Å². The second-order valence-electron chi connectivity index (χ2n) is 6.53. The first-order valence-electron chi connectivity index (χ1n) is 10.0. The molecule has 0 aromatic carbocycles. The van der Waals surface area contributed by atoms with Crippen LogP contribution in [-0.4, -0.2) is 25.7 Å². The number of unbranched alkanes of at least 4 members (excludes halogenated alkanes) is 11. The summed E-state index contributed by atoms with van der Waals surface area (Å²) in [5.41, 5.74) is 0.490. The minimum Gasteiger partial charge on any atom is -0.466 e. The lowest BCUT2D eigenvalue weighted by atomic mass is 10.1. The van der Waals surface area contributed by atoms with Crippen molar-refractivity contribution < 1.29 is 19.1 Å². The van der Waals surface area contributed by atoms with Gasteiger partial charge in [-0.25, -0.2) is 9.59 Å². The fraction of sp³-hybridized carbons (Fsp3) is 0.727. The minimum atomic E-state index is -0.394. The molecular weight excluding hydrogens is 328 g/mol. The number of hydrogen-bond acceptors (Lipinski definition) is 4. The van der Waals surface area contributed by atoms with Gasteiger partial charge in [-0.1, -0.05) is 90.7 Å². The van der Waals surface area contributed by atoms with Crippen molar-refractivity contribution in [2.45, 2.75) is 90.9 Å². The molecule has 4 heteroatoms. The van der Waals surface area contributed by atoms with E-state index in [0.717, 1.165) is 12.5 Å². The average molecular weight is 369 g/mol. The molecule has 26 heavy (non-hydrogen) atoms. The van der Waals surface area contributed by atoms with Gasteiger partial charge in [0, 0.05) is 11.6 Å². The molecule has 0 aliphatic heterocycles. The lowest BCUT2D eigenvalue weighted by Gasteiger charge is -2.04. The summed E-state index contributed by atoms with van der Waals surface area (Å²) in [6.07, 6.45) is 17.0. The molecule has 4 nitrogen and oxygen atoms in total. The van der Waals surface area contributed by atoms with Gasteiger partial charge in [-0.2, -0.15) is 0 Å². The Morgan fingerprint density at radius 2 is 1.27 bits per heavy atom. The zero-order valence-corrected chi connectivity index (χ0v) is 17.3. The molecular formula is C22H40O4. The van der Waals surface area contributed by atoms with Crippen LogP contribution in [-0.2, 0) is 19.1 Å². The maximum atomic E-state index is 11.1. The monoisotopic (exact) mass is 368 g/mol. The summed E-state index contributed by atoms with van der Waals surface area (Å²) in [7, 11) is 1.31. The van der Waals surface area contributed by atoms with Crippen molar-refractivity contribution in [2.24, 2.45) is 0 Å². The van der Waals surface area contributed by atoms with Crippen LogP contribution >= 0.6 is 0 Å². The Kier molecular flexibility index (Phi) is 22.0. The van der Waals surface area contributed by atoms with E-state index in [-0.39, 0.29) is 5.97 Å². The summed E-state index contributed by atoms with van der Waals surface area (Å²) in [6, 6.07) is 0. The number of carbonyl (C=O) groups excluding carboxylic acids is 2. The molecule has 0 aliphatic rings. The summed E-state index contributed by atoms with van der Waals surface area (Å²) in [4.78, 5) is 21.0. The number of ether oxygens (including phenoxy) is 2. The van der Waals surface area contributed by atoms with E-state index < -0.39 is 5.97 Å². The molecule has 0 spiro atoms. The number of esters is 2. The van der Waals surface area contributed by atoms with Crippen LogP contribution in [0.2, 0.25) is 0 Å². The molecule has 0 saturated carbocycles. The summed E-state index contributed by atoms with van der Waals surface area (Å²) >= 11 is 0. The first-order chi connectivity index (χ1) is 12.5. The largest absolute Gasteiger partial charge is 0.466 e. The van der Waals surface area contributed by atoms with Crippen LogP contribution in [0.4, 0.5) is 0 Å². The van der Waals surface area contributed by atoms with Gasteiger partial charge in [0.05, 0.1) is 13.7 Å². The van der Waals surface area contributed by atoms with Gasteiger partial charge in [-0.15, -0.1) is 0 Å². The van der Waals surface area contributed by atoms with Gasteiger partial charge in [0.25, 0.3) is 0 Å². The normalized spacial score (nSPS) is 9.65. The van der Waals surface area contributed by atoms with Crippen LogP contribution in [0.3, 0.4) is 0 Å². The van der Waals surface area contributed by atoms with Gasteiger partial charge in [-0.05, 0) is 13.3 Å². The van der Waals surface area contributed by atoms with Crippen LogP contribution in [0.15, 0.2) is 24.8 Å². The van der Waals surface area contributed by atoms with E-state index in [1.807, 2.05) is 0 Å². The van der Waals surface area contributed by atoms with E-state index in [1.54, 1.807) is 6.92 Å². The molecule has 0 aromatic rings. The maximum Gasteiger partial charge on any atom is 0.333 e. The quantitative estimate of drug-likeness (QED) is 0.197. The van der Waals surface area contributed by atoms with Crippen molar-refractivity contribution in [1.29, 1.82) is 0 Å². The summed E-state index contributed by atoms with van der Waals surface area (Å²) in [6.45, 7) is 11.2. The van der Waals surface area contributed by atoms with Gasteiger partial charge < -0.3 is 9.47 Å². The molecule has 0 unspecified atom stereocenters. The predicted octanol–water partition coefficient (Wildman–Crippen LogP) is 6.15. The Balaban J connectivity index is 0. The highest BCUT2D eigenvalue weighted by Crippen LogP contribution is 2.11. The molecule has 0 aliphatic carbocycles.